The molecule has 0 amide bonds. The number of ether oxygens (including phenoxy) is 3. The first-order chi connectivity index (χ1) is 9.74. The van der Waals surface area contributed by atoms with Crippen LogP contribution in [0.3, 0.4) is 0 Å². The molecule has 0 aromatic rings. The van der Waals surface area contributed by atoms with Crippen molar-refractivity contribution in [1.82, 2.24) is 0 Å². The molecule has 116 valence electrons. The Bertz CT molecular complexity index is 288. The van der Waals surface area contributed by atoms with Gasteiger partial charge in [0.25, 0.3) is 0 Å². The summed E-state index contributed by atoms with van der Waals surface area (Å²) < 4.78 is 16.6. The molecule has 0 radical (unpaired) electrons. The van der Waals surface area contributed by atoms with Gasteiger partial charge in [-0.1, -0.05) is 6.42 Å². The lowest BCUT2D eigenvalue weighted by Gasteiger charge is -2.30. The predicted molar refractivity (Wildman–Crippen MR) is 73.4 cm³/mol. The number of aliphatic carboxylic acids is 1. The second-order valence-corrected chi connectivity index (χ2v) is 5.94. The minimum absolute atomic E-state index is 0.00705. The maximum absolute atomic E-state index is 10.4. The average molecular weight is 286 g/mol. The van der Waals surface area contributed by atoms with Crippen LogP contribution >= 0.6 is 0 Å². The highest BCUT2D eigenvalue weighted by molar-refractivity contribution is 5.67. The standard InChI is InChI=1S/C15H26O5/c16-14(17)11-18-9-12-4-3-5-13(8-12)10-20-15-6-1-2-7-19-15/h12-13,15H,1-11H2,(H,16,17)/t12?,13-,15?/m0/s1. The first-order valence-corrected chi connectivity index (χ1v) is 7.77. The molecule has 1 heterocycles. The van der Waals surface area contributed by atoms with Gasteiger partial charge in [0.05, 0.1) is 13.2 Å². The maximum Gasteiger partial charge on any atom is 0.329 e. The number of hydrogen-bond donors (Lipinski definition) is 1. The van der Waals surface area contributed by atoms with Crippen molar-refractivity contribution in [2.24, 2.45) is 11.8 Å². The van der Waals surface area contributed by atoms with Crippen LogP contribution in [0.2, 0.25) is 0 Å². The Morgan fingerprint density at radius 2 is 1.90 bits per heavy atom. The van der Waals surface area contributed by atoms with E-state index < -0.39 is 5.97 Å². The van der Waals surface area contributed by atoms with Crippen molar-refractivity contribution in [3.8, 4) is 0 Å². The summed E-state index contributed by atoms with van der Waals surface area (Å²) in [6.45, 7) is 1.96. The highest BCUT2D eigenvalue weighted by atomic mass is 16.7. The maximum atomic E-state index is 10.4. The molecule has 1 aliphatic heterocycles. The first kappa shape index (κ1) is 15.7. The zero-order valence-corrected chi connectivity index (χ0v) is 12.1. The van der Waals surface area contributed by atoms with Crippen molar-refractivity contribution >= 4 is 5.97 Å². The minimum Gasteiger partial charge on any atom is -0.480 e. The van der Waals surface area contributed by atoms with Crippen LogP contribution in [0.1, 0.15) is 44.9 Å². The quantitative estimate of drug-likeness (QED) is 0.778. The Labute approximate surface area is 120 Å². The Balaban J connectivity index is 1.61. The average Bonchev–Trinajstić information content (AvgIpc) is 2.46. The molecular weight excluding hydrogens is 260 g/mol. The minimum atomic E-state index is -0.893. The molecule has 1 saturated carbocycles. The Morgan fingerprint density at radius 1 is 1.10 bits per heavy atom. The molecule has 1 N–H and O–H groups in total. The number of hydrogen-bond acceptors (Lipinski definition) is 4. The normalized spacial score (nSPS) is 31.1. The molecule has 2 unspecified atom stereocenters. The van der Waals surface area contributed by atoms with Crippen molar-refractivity contribution in [3.63, 3.8) is 0 Å². The van der Waals surface area contributed by atoms with Crippen LogP contribution < -0.4 is 0 Å². The fourth-order valence-electron chi connectivity index (χ4n) is 3.10. The summed E-state index contributed by atoms with van der Waals surface area (Å²) in [5, 5.41) is 8.56. The molecule has 1 aliphatic carbocycles. The number of carboxylic acids is 1. The van der Waals surface area contributed by atoms with Crippen molar-refractivity contribution in [2.75, 3.05) is 26.4 Å². The lowest BCUT2D eigenvalue weighted by molar-refractivity contribution is -0.171. The predicted octanol–water partition coefficient (Wildman–Crippen LogP) is 2.44. The van der Waals surface area contributed by atoms with Crippen LogP contribution in [-0.2, 0) is 19.0 Å². The topological polar surface area (TPSA) is 65.0 Å². The van der Waals surface area contributed by atoms with E-state index in [0.29, 0.717) is 18.4 Å². The smallest absolute Gasteiger partial charge is 0.329 e. The van der Waals surface area contributed by atoms with Gasteiger partial charge >= 0.3 is 5.97 Å². The second kappa shape index (κ2) is 8.60. The fraction of sp³-hybridized carbons (Fsp3) is 0.933. The monoisotopic (exact) mass is 286 g/mol. The van der Waals surface area contributed by atoms with E-state index in [1.165, 1.54) is 19.3 Å². The molecule has 5 nitrogen and oxygen atoms in total. The Morgan fingerprint density at radius 3 is 2.60 bits per heavy atom. The summed E-state index contributed by atoms with van der Waals surface area (Å²) in [6, 6.07) is 0. The van der Waals surface area contributed by atoms with E-state index in [0.717, 1.165) is 38.9 Å². The third kappa shape index (κ3) is 5.77. The number of carboxylic acid groups (broad SMARTS) is 1. The first-order valence-electron chi connectivity index (χ1n) is 7.77. The molecule has 2 rings (SSSR count). The van der Waals surface area contributed by atoms with E-state index in [1.807, 2.05) is 0 Å². The lowest BCUT2D eigenvalue weighted by atomic mass is 9.82. The van der Waals surface area contributed by atoms with E-state index in [2.05, 4.69) is 0 Å². The van der Waals surface area contributed by atoms with Crippen LogP contribution in [0.4, 0.5) is 0 Å². The van der Waals surface area contributed by atoms with Crippen molar-refractivity contribution < 1.29 is 24.1 Å². The van der Waals surface area contributed by atoms with Gasteiger partial charge in [-0.25, -0.2) is 4.79 Å². The molecule has 1 saturated heterocycles. The third-order valence-electron chi connectivity index (χ3n) is 4.13. The van der Waals surface area contributed by atoms with Crippen LogP contribution in [0, 0.1) is 11.8 Å². The summed E-state index contributed by atoms with van der Waals surface area (Å²) in [5.74, 6) is 0.145. The molecule has 0 aromatic carbocycles. The molecule has 0 spiro atoms. The summed E-state index contributed by atoms with van der Waals surface area (Å²) in [7, 11) is 0. The van der Waals surface area contributed by atoms with Crippen LogP contribution in [-0.4, -0.2) is 43.8 Å². The van der Waals surface area contributed by atoms with Gasteiger partial charge in [0.2, 0.25) is 0 Å². The Kier molecular flexibility index (Phi) is 6.76. The number of rotatable bonds is 7. The highest BCUT2D eigenvalue weighted by Gasteiger charge is 2.24. The molecule has 0 aromatic heterocycles. The fourth-order valence-corrected chi connectivity index (χ4v) is 3.10. The lowest BCUT2D eigenvalue weighted by Crippen LogP contribution is -2.28. The summed E-state index contributed by atoms with van der Waals surface area (Å²) in [5.41, 5.74) is 0. The van der Waals surface area contributed by atoms with E-state index >= 15 is 0 Å². The molecule has 0 bridgehead atoms. The van der Waals surface area contributed by atoms with Gasteiger partial charge in [-0.15, -0.1) is 0 Å². The van der Waals surface area contributed by atoms with Crippen LogP contribution in [0.15, 0.2) is 0 Å². The van der Waals surface area contributed by atoms with Crippen molar-refractivity contribution in [1.29, 1.82) is 0 Å². The van der Waals surface area contributed by atoms with Gasteiger partial charge in [0, 0.05) is 6.61 Å². The molecule has 3 atom stereocenters. The van der Waals surface area contributed by atoms with E-state index in [4.69, 9.17) is 19.3 Å². The van der Waals surface area contributed by atoms with Gasteiger partial charge in [0.15, 0.2) is 6.29 Å². The molecule has 2 aliphatic rings. The Hall–Kier alpha value is -0.650. The van der Waals surface area contributed by atoms with Crippen LogP contribution in [0.5, 0.6) is 0 Å². The molecular formula is C15H26O5. The van der Waals surface area contributed by atoms with E-state index in [-0.39, 0.29) is 12.9 Å². The van der Waals surface area contributed by atoms with E-state index in [9.17, 15) is 4.79 Å². The van der Waals surface area contributed by atoms with Gasteiger partial charge < -0.3 is 19.3 Å². The second-order valence-electron chi connectivity index (χ2n) is 5.94. The SMILES string of the molecule is O=C(O)COCC1CCC[C@H](COC2CCCCO2)C1. The van der Waals surface area contributed by atoms with Gasteiger partial charge in [-0.2, -0.15) is 0 Å². The molecule has 2 fully saturated rings. The zero-order valence-electron chi connectivity index (χ0n) is 12.1. The van der Waals surface area contributed by atoms with Gasteiger partial charge in [-0.05, 0) is 50.4 Å². The summed E-state index contributed by atoms with van der Waals surface area (Å²) in [4.78, 5) is 10.4. The van der Waals surface area contributed by atoms with Gasteiger partial charge in [0.1, 0.15) is 6.61 Å². The van der Waals surface area contributed by atoms with Gasteiger partial charge in [-0.3, -0.25) is 0 Å². The zero-order chi connectivity index (χ0) is 14.2. The summed E-state index contributed by atoms with van der Waals surface area (Å²) in [6.07, 6.45) is 7.93. The summed E-state index contributed by atoms with van der Waals surface area (Å²) >= 11 is 0. The van der Waals surface area contributed by atoms with E-state index in [1.54, 1.807) is 0 Å². The highest BCUT2D eigenvalue weighted by Crippen LogP contribution is 2.30. The molecule has 20 heavy (non-hydrogen) atoms. The van der Waals surface area contributed by atoms with Crippen LogP contribution in [0.25, 0.3) is 0 Å². The third-order valence-corrected chi connectivity index (χ3v) is 4.13. The number of carbonyl (C=O) groups is 1. The van der Waals surface area contributed by atoms with Crippen molar-refractivity contribution in [2.45, 2.75) is 51.2 Å². The molecule has 5 heteroatoms. The van der Waals surface area contributed by atoms with Crippen molar-refractivity contribution in [3.05, 3.63) is 0 Å². The largest absolute Gasteiger partial charge is 0.480 e.